The molecule has 0 fully saturated rings. The molecule has 3 aromatic carbocycles. The summed E-state index contributed by atoms with van der Waals surface area (Å²) in [4.78, 5) is 22.6. The highest BCUT2D eigenvalue weighted by Gasteiger charge is 2.14. The largest absolute Gasteiger partial charge is 0.488 e. The predicted molar refractivity (Wildman–Crippen MR) is 123 cm³/mol. The van der Waals surface area contributed by atoms with Gasteiger partial charge in [-0.1, -0.05) is 30.3 Å². The van der Waals surface area contributed by atoms with Crippen LogP contribution in [0.15, 0.2) is 86.8 Å². The van der Waals surface area contributed by atoms with Crippen LogP contribution in [-0.4, -0.2) is 17.0 Å². The second-order valence-corrected chi connectivity index (χ2v) is 7.61. The fourth-order valence-electron chi connectivity index (χ4n) is 2.93. The lowest BCUT2D eigenvalue weighted by atomic mass is 10.2. The smallest absolute Gasteiger partial charge is 0.307 e. The summed E-state index contributed by atoms with van der Waals surface area (Å²) >= 11 is 3.48. The quantitative estimate of drug-likeness (QED) is 0.209. The number of nitrogens with one attached hydrogen (secondary N) is 1. The SMILES string of the molecule is O=C(N/N=C\c1ccc(OCc2ccccc2)c(Br)c1)c1cc2cc([N+](=O)[O-])ccc2o1. The zero-order valence-corrected chi connectivity index (χ0v) is 18.1. The van der Waals surface area contributed by atoms with Crippen molar-refractivity contribution in [2.75, 3.05) is 0 Å². The minimum atomic E-state index is -0.568. The molecule has 0 aliphatic heterocycles. The maximum atomic E-state index is 12.3. The zero-order valence-electron chi connectivity index (χ0n) is 16.5. The number of nitro benzene ring substituents is 1. The molecule has 0 spiro atoms. The third-order valence-electron chi connectivity index (χ3n) is 4.51. The number of rotatable bonds is 7. The van der Waals surface area contributed by atoms with E-state index >= 15 is 0 Å². The maximum absolute atomic E-state index is 12.3. The van der Waals surface area contributed by atoms with Crippen molar-refractivity contribution >= 4 is 44.7 Å². The first-order chi connectivity index (χ1) is 15.5. The number of benzene rings is 3. The standard InChI is InChI=1S/C23H16BrN3O5/c24-19-10-16(6-8-21(19)31-14-15-4-2-1-3-5-15)13-25-26-23(28)22-12-17-11-18(27(29)30)7-9-20(17)32-22/h1-13H,14H2,(H,26,28)/b25-13-. The number of hydrogen-bond donors (Lipinski definition) is 1. The van der Waals surface area contributed by atoms with Gasteiger partial charge in [-0.25, -0.2) is 5.43 Å². The fraction of sp³-hybridized carbons (Fsp3) is 0.0435. The van der Waals surface area contributed by atoms with E-state index in [1.807, 2.05) is 42.5 Å². The number of non-ortho nitro benzene ring substituents is 1. The molecule has 0 saturated heterocycles. The first kappa shape index (κ1) is 21.3. The highest BCUT2D eigenvalue weighted by molar-refractivity contribution is 9.10. The highest BCUT2D eigenvalue weighted by Crippen LogP contribution is 2.27. The number of hydrogen-bond acceptors (Lipinski definition) is 6. The molecule has 0 bridgehead atoms. The molecular weight excluding hydrogens is 478 g/mol. The summed E-state index contributed by atoms with van der Waals surface area (Å²) in [5.41, 5.74) is 4.48. The third kappa shape index (κ3) is 5.01. The van der Waals surface area contributed by atoms with E-state index in [1.54, 1.807) is 6.07 Å². The Balaban J connectivity index is 1.38. The number of hydrazone groups is 1. The summed E-state index contributed by atoms with van der Waals surface area (Å²) in [6, 6.07) is 20.8. The maximum Gasteiger partial charge on any atom is 0.307 e. The van der Waals surface area contributed by atoms with E-state index < -0.39 is 10.8 Å². The summed E-state index contributed by atoms with van der Waals surface area (Å²) in [5, 5.41) is 15.3. The Morgan fingerprint density at radius 2 is 1.94 bits per heavy atom. The Kier molecular flexibility index (Phi) is 6.27. The lowest BCUT2D eigenvalue weighted by molar-refractivity contribution is -0.384. The molecule has 9 heteroatoms. The van der Waals surface area contributed by atoms with Crippen LogP contribution in [0.5, 0.6) is 5.75 Å². The van der Waals surface area contributed by atoms with E-state index in [4.69, 9.17) is 9.15 Å². The Labute approximate surface area is 190 Å². The van der Waals surface area contributed by atoms with E-state index in [2.05, 4.69) is 26.5 Å². The lowest BCUT2D eigenvalue weighted by Crippen LogP contribution is -2.16. The molecule has 0 radical (unpaired) electrons. The van der Waals surface area contributed by atoms with Crippen LogP contribution in [0.3, 0.4) is 0 Å². The molecular formula is C23H16BrN3O5. The van der Waals surface area contributed by atoms with E-state index in [0.717, 1.165) is 15.6 Å². The van der Waals surface area contributed by atoms with Gasteiger partial charge in [0.1, 0.15) is 17.9 Å². The number of amides is 1. The van der Waals surface area contributed by atoms with Gasteiger partial charge < -0.3 is 9.15 Å². The highest BCUT2D eigenvalue weighted by atomic mass is 79.9. The molecule has 0 unspecified atom stereocenters. The van der Waals surface area contributed by atoms with Crippen molar-refractivity contribution in [1.82, 2.24) is 5.43 Å². The van der Waals surface area contributed by atoms with Crippen LogP contribution in [0.25, 0.3) is 11.0 Å². The molecule has 0 saturated carbocycles. The molecule has 4 rings (SSSR count). The minimum absolute atomic E-state index is 0.00323. The summed E-state index contributed by atoms with van der Waals surface area (Å²) in [5.74, 6) is 0.122. The van der Waals surface area contributed by atoms with Crippen molar-refractivity contribution < 1.29 is 18.9 Å². The van der Waals surface area contributed by atoms with Crippen molar-refractivity contribution in [3.8, 4) is 5.75 Å². The second kappa shape index (κ2) is 9.44. The van der Waals surface area contributed by atoms with Crippen molar-refractivity contribution in [1.29, 1.82) is 0 Å². The molecule has 1 aromatic heterocycles. The van der Waals surface area contributed by atoms with Gasteiger partial charge in [0.15, 0.2) is 5.76 Å². The van der Waals surface area contributed by atoms with Gasteiger partial charge in [0.25, 0.3) is 5.69 Å². The molecule has 8 nitrogen and oxygen atoms in total. The first-order valence-electron chi connectivity index (χ1n) is 9.47. The fourth-order valence-corrected chi connectivity index (χ4v) is 3.44. The number of furan rings is 1. The number of nitro groups is 1. The number of halogens is 1. The summed E-state index contributed by atoms with van der Waals surface area (Å²) in [7, 11) is 0. The van der Waals surface area contributed by atoms with Crippen LogP contribution in [0.1, 0.15) is 21.7 Å². The second-order valence-electron chi connectivity index (χ2n) is 6.75. The minimum Gasteiger partial charge on any atom is -0.488 e. The summed E-state index contributed by atoms with van der Waals surface area (Å²) in [6.07, 6.45) is 1.48. The van der Waals surface area contributed by atoms with E-state index in [0.29, 0.717) is 23.3 Å². The molecule has 1 heterocycles. The number of carbonyl (C=O) groups is 1. The Morgan fingerprint density at radius 1 is 1.12 bits per heavy atom. The molecule has 0 aliphatic rings. The van der Waals surface area contributed by atoms with Crippen molar-refractivity contribution in [2.45, 2.75) is 6.61 Å². The van der Waals surface area contributed by atoms with Crippen LogP contribution >= 0.6 is 15.9 Å². The topological polar surface area (TPSA) is 107 Å². The van der Waals surface area contributed by atoms with Gasteiger partial charge in [-0.3, -0.25) is 14.9 Å². The molecule has 32 heavy (non-hydrogen) atoms. The molecule has 1 amide bonds. The van der Waals surface area contributed by atoms with Crippen LogP contribution in [-0.2, 0) is 6.61 Å². The molecule has 160 valence electrons. The van der Waals surface area contributed by atoms with Gasteiger partial charge in [0.05, 0.1) is 15.6 Å². The van der Waals surface area contributed by atoms with Gasteiger partial charge in [0.2, 0.25) is 0 Å². The zero-order chi connectivity index (χ0) is 22.5. The molecule has 0 atom stereocenters. The van der Waals surface area contributed by atoms with Crippen LogP contribution in [0.2, 0.25) is 0 Å². The number of ether oxygens (including phenoxy) is 1. The third-order valence-corrected chi connectivity index (χ3v) is 5.13. The van der Waals surface area contributed by atoms with Crippen LogP contribution < -0.4 is 10.2 Å². The van der Waals surface area contributed by atoms with Crippen molar-refractivity contribution in [3.63, 3.8) is 0 Å². The molecule has 4 aromatic rings. The van der Waals surface area contributed by atoms with Gasteiger partial charge in [-0.15, -0.1) is 0 Å². The molecule has 0 aliphatic carbocycles. The van der Waals surface area contributed by atoms with Gasteiger partial charge in [-0.2, -0.15) is 5.10 Å². The van der Waals surface area contributed by atoms with Crippen molar-refractivity contribution in [3.05, 3.63) is 104 Å². The Bertz CT molecular complexity index is 1320. The normalized spacial score (nSPS) is 11.0. The number of carbonyl (C=O) groups excluding carboxylic acids is 1. The monoisotopic (exact) mass is 493 g/mol. The summed E-state index contributed by atoms with van der Waals surface area (Å²) in [6.45, 7) is 0.448. The van der Waals surface area contributed by atoms with Crippen molar-refractivity contribution in [2.24, 2.45) is 5.10 Å². The molecule has 1 N–H and O–H groups in total. The van der Waals surface area contributed by atoms with Gasteiger partial charge in [0, 0.05) is 17.5 Å². The van der Waals surface area contributed by atoms with Gasteiger partial charge in [-0.05, 0) is 57.4 Å². The predicted octanol–water partition coefficient (Wildman–Crippen LogP) is 5.45. The lowest BCUT2D eigenvalue weighted by Gasteiger charge is -2.08. The average molecular weight is 494 g/mol. The first-order valence-corrected chi connectivity index (χ1v) is 10.3. The Hall–Kier alpha value is -3.98. The van der Waals surface area contributed by atoms with E-state index in [-0.39, 0.29) is 11.4 Å². The van der Waals surface area contributed by atoms with Crippen LogP contribution in [0, 0.1) is 10.1 Å². The van der Waals surface area contributed by atoms with Gasteiger partial charge >= 0.3 is 5.91 Å². The van der Waals surface area contributed by atoms with Crippen LogP contribution in [0.4, 0.5) is 5.69 Å². The summed E-state index contributed by atoms with van der Waals surface area (Å²) < 4.78 is 12.0. The van der Waals surface area contributed by atoms with E-state index in [1.165, 1.54) is 30.5 Å². The van der Waals surface area contributed by atoms with E-state index in [9.17, 15) is 14.9 Å². The average Bonchev–Trinajstić information content (AvgIpc) is 3.23. The number of fused-ring (bicyclic) bond motifs is 1. The number of nitrogens with zero attached hydrogens (tertiary/aromatic N) is 2. The Morgan fingerprint density at radius 3 is 2.69 bits per heavy atom.